The van der Waals surface area contributed by atoms with Gasteiger partial charge in [0.1, 0.15) is 0 Å². The molecule has 0 radical (unpaired) electrons. The van der Waals surface area contributed by atoms with Crippen LogP contribution in [-0.2, 0) is 16.5 Å². The summed E-state index contributed by atoms with van der Waals surface area (Å²) >= 11 is 0. The van der Waals surface area contributed by atoms with Gasteiger partial charge in [-0.05, 0) is 84.6 Å². The SMILES string of the molecule is [Ni].c1ccc(P(C2CCCCC2)C2CCCCC2)cc1.c1ccc(P(C2CCCCC2)C2CCCCC2)cc1. The fourth-order valence-electron chi connectivity index (χ4n) is 8.08. The summed E-state index contributed by atoms with van der Waals surface area (Å²) in [4.78, 5) is 0. The Bertz CT molecular complexity index is 767. The molecule has 4 fully saturated rings. The summed E-state index contributed by atoms with van der Waals surface area (Å²) in [6, 6.07) is 23.1. The van der Waals surface area contributed by atoms with Crippen molar-refractivity contribution in [2.75, 3.05) is 0 Å². The number of hydrogen-bond donors (Lipinski definition) is 0. The molecule has 6 rings (SSSR count). The maximum absolute atomic E-state index is 2.43. The maximum atomic E-state index is 2.43. The first-order valence-electron chi connectivity index (χ1n) is 16.6. The first-order chi connectivity index (χ1) is 18.9. The van der Waals surface area contributed by atoms with Crippen molar-refractivity contribution in [3.63, 3.8) is 0 Å². The first-order valence-corrected chi connectivity index (χ1v) is 19.5. The maximum Gasteiger partial charge on any atom is 0 e. The van der Waals surface area contributed by atoms with E-state index in [9.17, 15) is 0 Å². The van der Waals surface area contributed by atoms with Crippen LogP contribution in [-0.4, -0.2) is 22.6 Å². The van der Waals surface area contributed by atoms with E-state index in [0.717, 1.165) is 22.6 Å². The molecule has 0 aromatic heterocycles. The van der Waals surface area contributed by atoms with Crippen molar-refractivity contribution in [3.05, 3.63) is 60.7 Å². The molecule has 39 heavy (non-hydrogen) atoms. The predicted molar refractivity (Wildman–Crippen MR) is 173 cm³/mol. The van der Waals surface area contributed by atoms with Crippen molar-refractivity contribution < 1.29 is 16.5 Å². The van der Waals surface area contributed by atoms with Crippen molar-refractivity contribution in [2.45, 2.75) is 151 Å². The molecule has 0 spiro atoms. The molecular weight excluding hydrogens is 553 g/mol. The van der Waals surface area contributed by atoms with E-state index >= 15 is 0 Å². The zero-order valence-electron chi connectivity index (χ0n) is 24.4. The van der Waals surface area contributed by atoms with Crippen LogP contribution in [0.25, 0.3) is 0 Å². The van der Waals surface area contributed by atoms with Gasteiger partial charge in [0, 0.05) is 16.5 Å². The van der Waals surface area contributed by atoms with Gasteiger partial charge < -0.3 is 0 Å². The third-order valence-electron chi connectivity index (χ3n) is 9.98. The molecule has 218 valence electrons. The molecule has 0 nitrogen and oxygen atoms in total. The summed E-state index contributed by atoms with van der Waals surface area (Å²) in [6.45, 7) is 0. The average Bonchev–Trinajstić information content (AvgIpc) is 3.01. The van der Waals surface area contributed by atoms with E-state index in [0.29, 0.717) is 0 Å². The second kappa shape index (κ2) is 17.7. The van der Waals surface area contributed by atoms with Crippen molar-refractivity contribution in [2.24, 2.45) is 0 Å². The third kappa shape index (κ3) is 9.39. The Balaban J connectivity index is 0.000000176. The molecule has 0 heterocycles. The second-order valence-corrected chi connectivity index (χ2v) is 18.2. The zero-order valence-corrected chi connectivity index (χ0v) is 27.2. The molecule has 2 aromatic carbocycles. The predicted octanol–water partition coefficient (Wildman–Crippen LogP) is 10.9. The molecule has 0 bridgehead atoms. The summed E-state index contributed by atoms with van der Waals surface area (Å²) in [5.41, 5.74) is 4.15. The minimum atomic E-state index is 0. The van der Waals surface area contributed by atoms with Crippen LogP contribution in [0.4, 0.5) is 0 Å². The van der Waals surface area contributed by atoms with E-state index in [1.54, 1.807) is 10.6 Å². The van der Waals surface area contributed by atoms with E-state index in [2.05, 4.69) is 60.7 Å². The Hall–Kier alpha value is -0.206. The van der Waals surface area contributed by atoms with Gasteiger partial charge in [-0.3, -0.25) is 0 Å². The number of hydrogen-bond acceptors (Lipinski definition) is 0. The molecular formula is C36H54NiP2. The molecule has 3 heteroatoms. The topological polar surface area (TPSA) is 0 Å². The van der Waals surface area contributed by atoms with Gasteiger partial charge in [-0.1, -0.05) is 154 Å². The average molecular weight is 607 g/mol. The minimum absolute atomic E-state index is 0. The summed E-state index contributed by atoms with van der Waals surface area (Å²) in [5, 5.41) is 3.41. The third-order valence-corrected chi connectivity index (χ3v) is 17.0. The van der Waals surface area contributed by atoms with Crippen molar-refractivity contribution in [3.8, 4) is 0 Å². The summed E-state index contributed by atoms with van der Waals surface area (Å²) in [6.07, 6.45) is 29.9. The van der Waals surface area contributed by atoms with Crippen LogP contribution in [0.5, 0.6) is 0 Å². The molecule has 0 saturated heterocycles. The fourth-order valence-corrected chi connectivity index (χ4v) is 15.7. The monoisotopic (exact) mass is 606 g/mol. The molecule has 0 unspecified atom stereocenters. The number of benzene rings is 2. The van der Waals surface area contributed by atoms with Crippen molar-refractivity contribution >= 4 is 26.5 Å². The van der Waals surface area contributed by atoms with Crippen LogP contribution in [0.3, 0.4) is 0 Å². The van der Waals surface area contributed by atoms with Crippen molar-refractivity contribution in [1.29, 1.82) is 0 Å². The van der Waals surface area contributed by atoms with Gasteiger partial charge in [0.05, 0.1) is 0 Å². The van der Waals surface area contributed by atoms with Gasteiger partial charge in [0.25, 0.3) is 0 Å². The molecule has 4 aliphatic carbocycles. The van der Waals surface area contributed by atoms with Gasteiger partial charge in [-0.15, -0.1) is 0 Å². The molecule has 4 aliphatic rings. The molecule has 4 saturated carbocycles. The van der Waals surface area contributed by atoms with E-state index in [1.165, 1.54) is 128 Å². The van der Waals surface area contributed by atoms with Gasteiger partial charge in [0.2, 0.25) is 0 Å². The largest absolute Gasteiger partial charge is 0.0690 e. The van der Waals surface area contributed by atoms with Gasteiger partial charge in [-0.25, -0.2) is 0 Å². The molecule has 0 amide bonds. The van der Waals surface area contributed by atoms with E-state index in [1.807, 2.05) is 0 Å². The molecule has 2 aromatic rings. The number of rotatable bonds is 6. The summed E-state index contributed by atoms with van der Waals surface area (Å²) in [5.74, 6) is 0. The van der Waals surface area contributed by atoms with Crippen LogP contribution >= 0.6 is 15.8 Å². The van der Waals surface area contributed by atoms with E-state index in [-0.39, 0.29) is 32.3 Å². The Morgan fingerprint density at radius 1 is 0.333 bits per heavy atom. The minimum Gasteiger partial charge on any atom is -0.0690 e. The fraction of sp³-hybridized carbons (Fsp3) is 0.667. The molecule has 0 N–H and O–H groups in total. The van der Waals surface area contributed by atoms with Crippen LogP contribution < -0.4 is 10.6 Å². The first kappa shape index (κ1) is 31.7. The summed E-state index contributed by atoms with van der Waals surface area (Å²) < 4.78 is 0. The van der Waals surface area contributed by atoms with Crippen molar-refractivity contribution in [1.82, 2.24) is 0 Å². The molecule has 0 atom stereocenters. The quantitative estimate of drug-likeness (QED) is 0.226. The van der Waals surface area contributed by atoms with E-state index < -0.39 is 0 Å². The Morgan fingerprint density at radius 3 is 0.795 bits per heavy atom. The van der Waals surface area contributed by atoms with Gasteiger partial charge in [0.15, 0.2) is 0 Å². The second-order valence-electron chi connectivity index (χ2n) is 12.7. The Kier molecular flexibility index (Phi) is 14.4. The normalized spacial score (nSPS) is 22.2. The van der Waals surface area contributed by atoms with Crippen LogP contribution in [0.2, 0.25) is 0 Å². The van der Waals surface area contributed by atoms with Gasteiger partial charge >= 0.3 is 0 Å². The van der Waals surface area contributed by atoms with E-state index in [4.69, 9.17) is 0 Å². The standard InChI is InChI=1S/2C18H27P.Ni/c2*1-4-10-16(11-5-1)19(17-12-6-2-7-13-17)18-14-8-3-9-15-18;/h2*1,4-5,10-11,17-18H,2-3,6-9,12-15H2;. The summed E-state index contributed by atoms with van der Waals surface area (Å²) in [7, 11) is 0.216. The van der Waals surface area contributed by atoms with Gasteiger partial charge in [-0.2, -0.15) is 0 Å². The molecule has 0 aliphatic heterocycles. The van der Waals surface area contributed by atoms with Crippen LogP contribution in [0.1, 0.15) is 128 Å². The van der Waals surface area contributed by atoms with Crippen LogP contribution in [0, 0.1) is 0 Å². The zero-order chi connectivity index (χ0) is 25.8. The Labute approximate surface area is 253 Å². The smallest absolute Gasteiger partial charge is 0 e. The Morgan fingerprint density at radius 2 is 0.564 bits per heavy atom. The van der Waals surface area contributed by atoms with Crippen LogP contribution in [0.15, 0.2) is 60.7 Å².